The molecular weight excluding hydrogens is 406 g/mol. The summed E-state index contributed by atoms with van der Waals surface area (Å²) in [6.45, 7) is 0. The van der Waals surface area contributed by atoms with Crippen molar-refractivity contribution in [3.63, 3.8) is 0 Å². The van der Waals surface area contributed by atoms with E-state index in [1.165, 1.54) is 21.5 Å². The predicted molar refractivity (Wildman–Crippen MR) is 134 cm³/mol. The fourth-order valence-electron chi connectivity index (χ4n) is 5.77. The van der Waals surface area contributed by atoms with Gasteiger partial charge in [-0.25, -0.2) is 14.4 Å². The highest BCUT2D eigenvalue weighted by molar-refractivity contribution is 6.11. The third kappa shape index (κ3) is 1.71. The van der Waals surface area contributed by atoms with E-state index in [4.69, 9.17) is 9.97 Å². The van der Waals surface area contributed by atoms with Gasteiger partial charge in [0.05, 0.1) is 33.1 Å². The molecular formula is C28H15N5. The molecule has 0 bridgehead atoms. The van der Waals surface area contributed by atoms with Crippen molar-refractivity contribution in [1.29, 1.82) is 0 Å². The minimum absolute atomic E-state index is 0.905. The summed E-state index contributed by atoms with van der Waals surface area (Å²) in [5.74, 6) is 1.81. The Labute approximate surface area is 186 Å². The summed E-state index contributed by atoms with van der Waals surface area (Å²) in [5.41, 5.74) is 7.77. The van der Waals surface area contributed by atoms with E-state index in [1.807, 2.05) is 0 Å². The summed E-state index contributed by atoms with van der Waals surface area (Å²) in [6, 6.07) is 32.2. The first kappa shape index (κ1) is 16.1. The zero-order valence-electron chi connectivity index (χ0n) is 17.4. The van der Waals surface area contributed by atoms with Crippen LogP contribution >= 0.6 is 0 Å². The van der Waals surface area contributed by atoms with E-state index in [2.05, 4.69) is 104 Å². The molecule has 0 fully saturated rings. The van der Waals surface area contributed by atoms with Crippen LogP contribution in [0.5, 0.6) is 0 Å². The van der Waals surface area contributed by atoms with Crippen molar-refractivity contribution in [3.8, 4) is 0 Å². The molecule has 0 saturated heterocycles. The Kier molecular flexibility index (Phi) is 2.54. The van der Waals surface area contributed by atoms with Gasteiger partial charge in [-0.05, 0) is 35.0 Å². The lowest BCUT2D eigenvalue weighted by molar-refractivity contribution is 1.15. The van der Waals surface area contributed by atoms with Gasteiger partial charge >= 0.3 is 0 Å². The predicted octanol–water partition coefficient (Wildman–Crippen LogP) is 6.44. The van der Waals surface area contributed by atoms with Crippen LogP contribution in [-0.2, 0) is 0 Å². The maximum Gasteiger partial charge on any atom is 0.223 e. The molecule has 33 heavy (non-hydrogen) atoms. The summed E-state index contributed by atoms with van der Waals surface area (Å²) >= 11 is 0. The summed E-state index contributed by atoms with van der Waals surface area (Å²) in [6.07, 6.45) is 0. The Morgan fingerprint density at radius 3 is 1.48 bits per heavy atom. The summed E-state index contributed by atoms with van der Waals surface area (Å²) < 4.78 is 6.79. The number of fused-ring (bicyclic) bond motifs is 14. The Morgan fingerprint density at radius 2 is 0.939 bits per heavy atom. The number of para-hydroxylation sites is 1. The lowest BCUT2D eigenvalue weighted by atomic mass is 10.1. The molecule has 0 N–H and O–H groups in total. The van der Waals surface area contributed by atoms with Crippen molar-refractivity contribution in [1.82, 2.24) is 23.2 Å². The molecule has 9 rings (SSSR count). The van der Waals surface area contributed by atoms with Gasteiger partial charge in [-0.1, -0.05) is 66.7 Å². The van der Waals surface area contributed by atoms with E-state index in [1.54, 1.807) is 0 Å². The number of nitrogens with zero attached hydrogens (tertiary/aromatic N) is 5. The molecule has 5 heteroatoms. The van der Waals surface area contributed by atoms with E-state index in [0.29, 0.717) is 0 Å². The fraction of sp³-hybridized carbons (Fsp3) is 0. The van der Waals surface area contributed by atoms with Crippen LogP contribution in [0.25, 0.3) is 71.7 Å². The third-order valence-electron chi connectivity index (χ3n) is 7.16. The zero-order chi connectivity index (χ0) is 21.3. The normalized spacial score (nSPS) is 12.8. The van der Waals surface area contributed by atoms with Gasteiger partial charge in [0, 0.05) is 10.8 Å². The van der Waals surface area contributed by atoms with Crippen LogP contribution < -0.4 is 0 Å². The van der Waals surface area contributed by atoms with Gasteiger partial charge in [-0.2, -0.15) is 0 Å². The van der Waals surface area contributed by atoms with Crippen molar-refractivity contribution in [2.75, 3.05) is 0 Å². The van der Waals surface area contributed by atoms with Crippen LogP contribution in [0.1, 0.15) is 0 Å². The smallest absolute Gasteiger partial charge is 0.223 e. The molecule has 0 atom stereocenters. The number of hydrogen-bond donors (Lipinski definition) is 0. The van der Waals surface area contributed by atoms with Crippen LogP contribution in [-0.4, -0.2) is 23.2 Å². The van der Waals surface area contributed by atoms with Gasteiger partial charge in [0.25, 0.3) is 0 Å². The monoisotopic (exact) mass is 421 g/mol. The zero-order valence-corrected chi connectivity index (χ0v) is 17.4. The molecule has 9 aromatic rings. The van der Waals surface area contributed by atoms with E-state index < -0.39 is 0 Å². The van der Waals surface area contributed by atoms with Crippen LogP contribution in [0.2, 0.25) is 0 Å². The molecule has 0 amide bonds. The molecule has 0 spiro atoms. The number of benzene rings is 5. The van der Waals surface area contributed by atoms with E-state index in [9.17, 15) is 0 Å². The molecule has 152 valence electrons. The van der Waals surface area contributed by atoms with Gasteiger partial charge < -0.3 is 0 Å². The summed E-state index contributed by atoms with van der Waals surface area (Å²) in [4.78, 5) is 10.4. The second-order valence-electron chi connectivity index (χ2n) is 8.78. The standard InChI is InChI=1S/C28H15N5/c1-3-8-18-16(6-1)12-14-20-24(18)29-27-31(20)22-10-5-11-23-26(22)33(27)28-30-25-19-9-4-2-7-17(19)13-15-21(25)32(23)28/h1-15H. The van der Waals surface area contributed by atoms with Crippen molar-refractivity contribution in [2.45, 2.75) is 0 Å². The molecule has 4 aromatic heterocycles. The molecule has 0 saturated carbocycles. The van der Waals surface area contributed by atoms with Gasteiger partial charge in [0.15, 0.2) is 0 Å². The summed E-state index contributed by atoms with van der Waals surface area (Å²) in [5, 5.41) is 4.76. The molecule has 0 aliphatic carbocycles. The molecule has 0 unspecified atom stereocenters. The molecule has 0 aliphatic heterocycles. The molecule has 5 aromatic carbocycles. The Hall–Kier alpha value is -4.64. The number of hydrogen-bond acceptors (Lipinski definition) is 2. The number of imidazole rings is 4. The number of aromatic nitrogens is 5. The summed E-state index contributed by atoms with van der Waals surface area (Å²) in [7, 11) is 0. The molecule has 0 aliphatic rings. The first-order chi connectivity index (χ1) is 16.4. The second kappa shape index (κ2) is 5.22. The SMILES string of the molecule is c1ccc2c(c1)ccc1c2nc2n1c1cccc3c1n2c1nc2c4ccccc4ccc2n31. The van der Waals surface area contributed by atoms with Gasteiger partial charge in [0.1, 0.15) is 5.52 Å². The highest BCUT2D eigenvalue weighted by Gasteiger charge is 2.24. The van der Waals surface area contributed by atoms with Gasteiger partial charge in [-0.15, -0.1) is 0 Å². The van der Waals surface area contributed by atoms with E-state index in [0.717, 1.165) is 50.2 Å². The van der Waals surface area contributed by atoms with Crippen LogP contribution in [0.4, 0.5) is 0 Å². The first-order valence-corrected chi connectivity index (χ1v) is 11.1. The van der Waals surface area contributed by atoms with Crippen LogP contribution in [0, 0.1) is 0 Å². The second-order valence-corrected chi connectivity index (χ2v) is 8.78. The first-order valence-electron chi connectivity index (χ1n) is 11.1. The largest absolute Gasteiger partial charge is 0.276 e. The molecule has 0 radical (unpaired) electrons. The van der Waals surface area contributed by atoms with Crippen LogP contribution in [0.15, 0.2) is 91.0 Å². The average molecular weight is 421 g/mol. The third-order valence-corrected chi connectivity index (χ3v) is 7.16. The Morgan fingerprint density at radius 1 is 0.424 bits per heavy atom. The lowest BCUT2D eigenvalue weighted by Crippen LogP contribution is -1.87. The highest BCUT2D eigenvalue weighted by Crippen LogP contribution is 2.36. The topological polar surface area (TPSA) is 39.0 Å². The fourth-order valence-corrected chi connectivity index (χ4v) is 5.77. The Balaban J connectivity index is 1.59. The molecule has 5 nitrogen and oxygen atoms in total. The maximum absolute atomic E-state index is 5.19. The van der Waals surface area contributed by atoms with Gasteiger partial charge in [0.2, 0.25) is 11.6 Å². The van der Waals surface area contributed by atoms with Crippen molar-refractivity contribution >= 4 is 71.7 Å². The van der Waals surface area contributed by atoms with Crippen LogP contribution in [0.3, 0.4) is 0 Å². The lowest BCUT2D eigenvalue weighted by Gasteiger charge is -2.00. The van der Waals surface area contributed by atoms with Crippen molar-refractivity contribution in [2.24, 2.45) is 0 Å². The quantitative estimate of drug-likeness (QED) is 0.283. The van der Waals surface area contributed by atoms with Gasteiger partial charge in [-0.3, -0.25) is 8.80 Å². The maximum atomic E-state index is 5.19. The van der Waals surface area contributed by atoms with E-state index in [-0.39, 0.29) is 0 Å². The minimum atomic E-state index is 0.905. The van der Waals surface area contributed by atoms with E-state index >= 15 is 0 Å². The van der Waals surface area contributed by atoms with Crippen molar-refractivity contribution in [3.05, 3.63) is 91.0 Å². The number of rotatable bonds is 0. The molecule has 4 heterocycles. The van der Waals surface area contributed by atoms with Crippen molar-refractivity contribution < 1.29 is 0 Å². The average Bonchev–Trinajstić information content (AvgIpc) is 3.58. The minimum Gasteiger partial charge on any atom is -0.276 e. The Bertz CT molecular complexity index is 2090. The highest BCUT2D eigenvalue weighted by atomic mass is 15.3.